The number of allylic oxidation sites excluding steroid dienone is 2. The van der Waals surface area contributed by atoms with Gasteiger partial charge in [0.05, 0.1) is 6.42 Å². The summed E-state index contributed by atoms with van der Waals surface area (Å²) in [5, 5.41) is 8.46. The van der Waals surface area contributed by atoms with Crippen LogP contribution in [0.5, 0.6) is 0 Å². The lowest BCUT2D eigenvalue weighted by molar-refractivity contribution is -0.136. The quantitative estimate of drug-likeness (QED) is 0.430. The molecule has 3 nitrogen and oxygen atoms in total. The molecule has 0 bridgehead atoms. The number of hydrogen-bond donors (Lipinski definition) is 1. The molecule has 0 aromatic rings. The Balaban J connectivity index is 3.74. The first kappa shape index (κ1) is 24.4. The molecule has 1 atom stereocenters. The standard InChI is InChI=1S/C24H30O3/c1-3-4-5-14-17-20-23(27-2)21-18-15-12-10-8-6-7-9-11-13-16-19-22-24(25)26/h6-7,23H,3-4,8,10,12,15,18-19,21-22H2,1-2H3,(H,25,26)/b7-6+. The van der Waals surface area contributed by atoms with Gasteiger partial charge in [-0.2, -0.15) is 0 Å². The van der Waals surface area contributed by atoms with Crippen molar-refractivity contribution in [1.29, 1.82) is 0 Å². The lowest BCUT2D eigenvalue weighted by Crippen LogP contribution is -2.06. The van der Waals surface area contributed by atoms with Gasteiger partial charge in [-0.1, -0.05) is 49.5 Å². The Labute approximate surface area is 165 Å². The highest BCUT2D eigenvalue weighted by molar-refractivity contribution is 5.67. The predicted octanol–water partition coefficient (Wildman–Crippen LogP) is 4.58. The Bertz CT molecular complexity index is 672. The van der Waals surface area contributed by atoms with E-state index in [1.54, 1.807) is 7.11 Å². The van der Waals surface area contributed by atoms with Crippen LogP contribution in [0.15, 0.2) is 12.2 Å². The second-order valence-electron chi connectivity index (χ2n) is 5.90. The molecule has 0 aromatic heterocycles. The van der Waals surface area contributed by atoms with Crippen molar-refractivity contribution in [3.05, 3.63) is 12.2 Å². The molecule has 0 aliphatic carbocycles. The van der Waals surface area contributed by atoms with Gasteiger partial charge in [0.2, 0.25) is 0 Å². The van der Waals surface area contributed by atoms with Gasteiger partial charge in [0.25, 0.3) is 0 Å². The Kier molecular flexibility index (Phi) is 17.8. The highest BCUT2D eigenvalue weighted by atomic mass is 16.5. The van der Waals surface area contributed by atoms with Gasteiger partial charge in [0.1, 0.15) is 6.10 Å². The van der Waals surface area contributed by atoms with Gasteiger partial charge in [-0.25, -0.2) is 0 Å². The average Bonchev–Trinajstić information content (AvgIpc) is 2.66. The summed E-state index contributed by atoms with van der Waals surface area (Å²) in [6, 6.07) is 0. The molecule has 0 amide bonds. The van der Waals surface area contributed by atoms with Crippen molar-refractivity contribution in [1.82, 2.24) is 0 Å². The predicted molar refractivity (Wildman–Crippen MR) is 111 cm³/mol. The average molecular weight is 367 g/mol. The van der Waals surface area contributed by atoms with E-state index in [4.69, 9.17) is 9.84 Å². The van der Waals surface area contributed by atoms with Crippen molar-refractivity contribution in [2.75, 3.05) is 7.11 Å². The monoisotopic (exact) mass is 366 g/mol. The third-order valence-electron chi connectivity index (χ3n) is 3.52. The van der Waals surface area contributed by atoms with Crippen LogP contribution in [0, 0.1) is 47.4 Å². The van der Waals surface area contributed by atoms with Crippen LogP contribution in [-0.4, -0.2) is 24.3 Å². The molecule has 1 unspecified atom stereocenters. The van der Waals surface area contributed by atoms with Crippen molar-refractivity contribution >= 4 is 5.97 Å². The number of rotatable bonds is 11. The molecule has 0 saturated carbocycles. The van der Waals surface area contributed by atoms with Crippen LogP contribution in [0.2, 0.25) is 0 Å². The summed E-state index contributed by atoms with van der Waals surface area (Å²) < 4.78 is 5.37. The highest BCUT2D eigenvalue weighted by Gasteiger charge is 2.01. The summed E-state index contributed by atoms with van der Waals surface area (Å²) in [6.45, 7) is 2.10. The number of carbonyl (C=O) groups is 1. The molecule has 0 radical (unpaired) electrons. The third kappa shape index (κ3) is 19.6. The van der Waals surface area contributed by atoms with Crippen molar-refractivity contribution in [3.8, 4) is 47.4 Å². The van der Waals surface area contributed by atoms with Crippen molar-refractivity contribution < 1.29 is 14.6 Å². The largest absolute Gasteiger partial charge is 0.481 e. The van der Waals surface area contributed by atoms with Crippen LogP contribution < -0.4 is 0 Å². The summed E-state index contributed by atoms with van der Waals surface area (Å²) in [7, 11) is 1.70. The van der Waals surface area contributed by atoms with E-state index in [1.165, 1.54) is 6.42 Å². The lowest BCUT2D eigenvalue weighted by Gasteiger charge is -2.07. The van der Waals surface area contributed by atoms with Gasteiger partial charge in [-0.15, -0.1) is 0 Å². The Morgan fingerprint density at radius 3 is 2.52 bits per heavy atom. The first-order chi connectivity index (χ1) is 13.2. The summed E-state index contributed by atoms with van der Waals surface area (Å²) in [6.07, 6.45) is 12.7. The van der Waals surface area contributed by atoms with Gasteiger partial charge < -0.3 is 9.84 Å². The summed E-state index contributed by atoms with van der Waals surface area (Å²) in [5.74, 6) is 21.9. The van der Waals surface area contributed by atoms with Crippen molar-refractivity contribution in [2.45, 2.75) is 77.2 Å². The van der Waals surface area contributed by atoms with E-state index in [0.29, 0.717) is 6.42 Å². The molecular weight excluding hydrogens is 336 g/mol. The minimum atomic E-state index is -0.834. The van der Waals surface area contributed by atoms with Crippen molar-refractivity contribution in [2.24, 2.45) is 0 Å². The maximum Gasteiger partial charge on any atom is 0.304 e. The van der Waals surface area contributed by atoms with Crippen LogP contribution >= 0.6 is 0 Å². The minimum Gasteiger partial charge on any atom is -0.481 e. The second-order valence-corrected chi connectivity index (χ2v) is 5.90. The number of carboxylic acids is 1. The molecule has 144 valence electrons. The van der Waals surface area contributed by atoms with Crippen LogP contribution in [-0.2, 0) is 9.53 Å². The first-order valence-electron chi connectivity index (χ1n) is 9.57. The van der Waals surface area contributed by atoms with Crippen LogP contribution in [0.25, 0.3) is 0 Å². The Morgan fingerprint density at radius 1 is 1.04 bits per heavy atom. The molecule has 0 fully saturated rings. The molecule has 1 N–H and O–H groups in total. The van der Waals surface area contributed by atoms with Gasteiger partial charge in [0, 0.05) is 20.0 Å². The maximum absolute atomic E-state index is 10.3. The number of unbranched alkanes of at least 4 members (excludes halogenated alkanes) is 5. The fourth-order valence-electron chi connectivity index (χ4n) is 2.04. The topological polar surface area (TPSA) is 46.5 Å². The number of hydrogen-bond acceptors (Lipinski definition) is 2. The number of ether oxygens (including phenoxy) is 1. The summed E-state index contributed by atoms with van der Waals surface area (Å²) >= 11 is 0. The zero-order valence-corrected chi connectivity index (χ0v) is 16.6. The molecule has 0 aliphatic rings. The van der Waals surface area contributed by atoms with Crippen molar-refractivity contribution in [3.63, 3.8) is 0 Å². The van der Waals surface area contributed by atoms with E-state index in [2.05, 4.69) is 54.3 Å². The summed E-state index contributed by atoms with van der Waals surface area (Å²) in [4.78, 5) is 10.3. The van der Waals surface area contributed by atoms with Gasteiger partial charge >= 0.3 is 5.97 Å². The Morgan fingerprint density at radius 2 is 1.78 bits per heavy atom. The maximum atomic E-state index is 10.3. The van der Waals surface area contributed by atoms with E-state index in [0.717, 1.165) is 44.9 Å². The smallest absolute Gasteiger partial charge is 0.304 e. The van der Waals surface area contributed by atoms with Crippen LogP contribution in [0.3, 0.4) is 0 Å². The molecule has 0 aromatic carbocycles. The van der Waals surface area contributed by atoms with Gasteiger partial charge in [-0.05, 0) is 61.9 Å². The van der Waals surface area contributed by atoms with E-state index in [1.807, 2.05) is 12.2 Å². The molecule has 0 spiro atoms. The SMILES string of the molecule is CCCC#CC#CC(CCCCCC/C=C/C#CC#CCCC(=O)O)OC. The number of methoxy groups -OCH3 is 1. The van der Waals surface area contributed by atoms with Gasteiger partial charge in [-0.3, -0.25) is 4.79 Å². The minimum absolute atomic E-state index is 0.0206. The summed E-state index contributed by atoms with van der Waals surface area (Å²) in [5.41, 5.74) is 0. The fraction of sp³-hybridized carbons (Fsp3) is 0.542. The van der Waals surface area contributed by atoms with E-state index in [-0.39, 0.29) is 12.5 Å². The molecular formula is C24H30O3. The van der Waals surface area contributed by atoms with Crippen LogP contribution in [0.4, 0.5) is 0 Å². The number of aliphatic carboxylic acids is 1. The van der Waals surface area contributed by atoms with Gasteiger partial charge in [0.15, 0.2) is 0 Å². The molecule has 3 heteroatoms. The molecule has 27 heavy (non-hydrogen) atoms. The molecule has 0 rings (SSSR count). The molecule has 0 heterocycles. The molecule has 0 aliphatic heterocycles. The highest BCUT2D eigenvalue weighted by Crippen LogP contribution is 2.09. The first-order valence-corrected chi connectivity index (χ1v) is 9.57. The zero-order valence-electron chi connectivity index (χ0n) is 16.6. The lowest BCUT2D eigenvalue weighted by atomic mass is 10.1. The molecule has 0 saturated heterocycles. The van der Waals surface area contributed by atoms with E-state index in [9.17, 15) is 4.79 Å². The van der Waals surface area contributed by atoms with Crippen LogP contribution in [0.1, 0.15) is 71.1 Å². The number of carboxylic acid groups (broad SMARTS) is 1. The second kappa shape index (κ2) is 19.7. The normalized spacial score (nSPS) is 10.3. The van der Waals surface area contributed by atoms with E-state index < -0.39 is 5.97 Å². The van der Waals surface area contributed by atoms with E-state index >= 15 is 0 Å². The zero-order chi connectivity index (χ0) is 20.0. The third-order valence-corrected chi connectivity index (χ3v) is 3.52. The Hall–Kier alpha value is -2.59. The fourth-order valence-corrected chi connectivity index (χ4v) is 2.04.